The van der Waals surface area contributed by atoms with Gasteiger partial charge in [-0.05, 0) is 38.3 Å². The number of aryl methyl sites for hydroxylation is 2. The van der Waals surface area contributed by atoms with Crippen molar-refractivity contribution in [2.24, 2.45) is 5.92 Å². The van der Waals surface area contributed by atoms with Gasteiger partial charge in [0.25, 0.3) is 0 Å². The van der Waals surface area contributed by atoms with Crippen LogP contribution >= 0.6 is 0 Å². The maximum atomic E-state index is 12.1. The first kappa shape index (κ1) is 12.2. The molecule has 0 radical (unpaired) electrons. The van der Waals surface area contributed by atoms with E-state index in [-0.39, 0.29) is 11.8 Å². The molecule has 1 aromatic rings. The molecular formula is C15H21NO. The summed E-state index contributed by atoms with van der Waals surface area (Å²) in [6.45, 7) is 4.11. The van der Waals surface area contributed by atoms with Crippen molar-refractivity contribution in [1.82, 2.24) is 0 Å². The number of carbonyl (C=O) groups excluding carboxylic acids is 1. The first-order chi connectivity index (χ1) is 8.16. The Balaban J connectivity index is 2.02. The van der Waals surface area contributed by atoms with E-state index >= 15 is 0 Å². The van der Waals surface area contributed by atoms with Gasteiger partial charge in [-0.3, -0.25) is 4.79 Å². The summed E-state index contributed by atoms with van der Waals surface area (Å²) in [6, 6.07) is 6.16. The Hall–Kier alpha value is -1.31. The summed E-state index contributed by atoms with van der Waals surface area (Å²) in [7, 11) is 0. The van der Waals surface area contributed by atoms with Crippen LogP contribution in [0.25, 0.3) is 0 Å². The van der Waals surface area contributed by atoms with Crippen LogP contribution in [0.3, 0.4) is 0 Å². The Morgan fingerprint density at radius 2 is 1.88 bits per heavy atom. The van der Waals surface area contributed by atoms with Gasteiger partial charge in [-0.2, -0.15) is 0 Å². The number of hydrogen-bond acceptors (Lipinski definition) is 1. The van der Waals surface area contributed by atoms with Gasteiger partial charge in [0.15, 0.2) is 0 Å². The second kappa shape index (κ2) is 5.35. The maximum absolute atomic E-state index is 12.1. The zero-order valence-electron chi connectivity index (χ0n) is 10.8. The molecule has 1 aliphatic carbocycles. The number of amides is 1. The lowest BCUT2D eigenvalue weighted by atomic mass is 9.88. The highest BCUT2D eigenvalue weighted by atomic mass is 16.1. The Bertz CT molecular complexity index is 405. The zero-order chi connectivity index (χ0) is 12.3. The third-order valence-electron chi connectivity index (χ3n) is 3.62. The first-order valence-electron chi connectivity index (χ1n) is 6.55. The van der Waals surface area contributed by atoms with E-state index in [0.29, 0.717) is 0 Å². The summed E-state index contributed by atoms with van der Waals surface area (Å²) in [5.41, 5.74) is 3.35. The minimum Gasteiger partial charge on any atom is -0.326 e. The van der Waals surface area contributed by atoms with Gasteiger partial charge in [0.05, 0.1) is 0 Å². The van der Waals surface area contributed by atoms with Crippen molar-refractivity contribution in [3.63, 3.8) is 0 Å². The van der Waals surface area contributed by atoms with E-state index in [1.807, 2.05) is 19.1 Å². The third-order valence-corrected chi connectivity index (χ3v) is 3.62. The van der Waals surface area contributed by atoms with E-state index in [4.69, 9.17) is 0 Å². The number of hydrogen-bond donors (Lipinski definition) is 1. The molecule has 0 bridgehead atoms. The fourth-order valence-corrected chi connectivity index (χ4v) is 2.55. The zero-order valence-corrected chi connectivity index (χ0v) is 10.8. The molecule has 1 saturated carbocycles. The number of benzene rings is 1. The molecule has 0 spiro atoms. The Labute approximate surface area is 103 Å². The summed E-state index contributed by atoms with van der Waals surface area (Å²) in [5, 5.41) is 3.07. The van der Waals surface area contributed by atoms with E-state index in [1.165, 1.54) is 24.8 Å². The fraction of sp³-hybridized carbons (Fsp3) is 0.533. The number of carbonyl (C=O) groups is 1. The van der Waals surface area contributed by atoms with Gasteiger partial charge in [0.2, 0.25) is 5.91 Å². The van der Waals surface area contributed by atoms with Gasteiger partial charge < -0.3 is 5.32 Å². The lowest BCUT2D eigenvalue weighted by molar-refractivity contribution is -0.120. The minimum atomic E-state index is 0.205. The van der Waals surface area contributed by atoms with E-state index in [2.05, 4.69) is 18.3 Å². The molecule has 2 heteroatoms. The van der Waals surface area contributed by atoms with E-state index in [1.54, 1.807) is 0 Å². The van der Waals surface area contributed by atoms with Crippen LogP contribution in [-0.4, -0.2) is 5.91 Å². The Morgan fingerprint density at radius 3 is 2.53 bits per heavy atom. The standard InChI is InChI=1S/C15H21NO/c1-11-8-9-14(12(2)10-11)16-15(17)13-6-4-3-5-7-13/h8-10,13H,3-7H2,1-2H3,(H,16,17). The highest BCUT2D eigenvalue weighted by Gasteiger charge is 2.21. The van der Waals surface area contributed by atoms with Gasteiger partial charge in [-0.25, -0.2) is 0 Å². The van der Waals surface area contributed by atoms with Crippen molar-refractivity contribution in [2.75, 3.05) is 5.32 Å². The van der Waals surface area contributed by atoms with Crippen LogP contribution < -0.4 is 5.32 Å². The van der Waals surface area contributed by atoms with Crippen LogP contribution in [0, 0.1) is 19.8 Å². The monoisotopic (exact) mass is 231 g/mol. The van der Waals surface area contributed by atoms with E-state index in [0.717, 1.165) is 24.1 Å². The molecule has 0 saturated heterocycles. The molecule has 0 unspecified atom stereocenters. The summed E-state index contributed by atoms with van der Waals surface area (Å²) in [4.78, 5) is 12.1. The van der Waals surface area contributed by atoms with Crippen molar-refractivity contribution in [1.29, 1.82) is 0 Å². The molecule has 0 heterocycles. The van der Waals surface area contributed by atoms with Crippen LogP contribution in [0.4, 0.5) is 5.69 Å². The van der Waals surface area contributed by atoms with Gasteiger partial charge in [0.1, 0.15) is 0 Å². The largest absolute Gasteiger partial charge is 0.326 e. The summed E-state index contributed by atoms with van der Waals surface area (Å²) < 4.78 is 0. The van der Waals surface area contributed by atoms with Gasteiger partial charge >= 0.3 is 0 Å². The second-order valence-electron chi connectivity index (χ2n) is 5.14. The number of nitrogens with one attached hydrogen (secondary N) is 1. The van der Waals surface area contributed by atoms with Gasteiger partial charge in [-0.15, -0.1) is 0 Å². The predicted octanol–water partition coefficient (Wildman–Crippen LogP) is 3.82. The Kier molecular flexibility index (Phi) is 3.82. The van der Waals surface area contributed by atoms with Crippen molar-refractivity contribution >= 4 is 11.6 Å². The molecule has 0 aromatic heterocycles. The van der Waals surface area contributed by atoms with Crippen molar-refractivity contribution in [3.05, 3.63) is 29.3 Å². The summed E-state index contributed by atoms with van der Waals surface area (Å²) in [6.07, 6.45) is 5.79. The Morgan fingerprint density at radius 1 is 1.18 bits per heavy atom. The molecule has 2 nitrogen and oxygen atoms in total. The molecule has 1 aromatic carbocycles. The quantitative estimate of drug-likeness (QED) is 0.823. The average molecular weight is 231 g/mol. The van der Waals surface area contributed by atoms with E-state index < -0.39 is 0 Å². The smallest absolute Gasteiger partial charge is 0.227 e. The lowest BCUT2D eigenvalue weighted by Crippen LogP contribution is -2.25. The molecule has 92 valence electrons. The normalized spacial score (nSPS) is 16.8. The molecule has 0 atom stereocenters. The van der Waals surface area contributed by atoms with Crippen molar-refractivity contribution in [2.45, 2.75) is 46.0 Å². The van der Waals surface area contributed by atoms with Crippen LogP contribution in [0.2, 0.25) is 0 Å². The SMILES string of the molecule is Cc1ccc(NC(=O)C2CCCCC2)c(C)c1. The van der Waals surface area contributed by atoms with Crippen molar-refractivity contribution in [3.8, 4) is 0 Å². The molecular weight excluding hydrogens is 210 g/mol. The maximum Gasteiger partial charge on any atom is 0.227 e. The molecule has 1 aliphatic rings. The van der Waals surface area contributed by atoms with Gasteiger partial charge in [-0.1, -0.05) is 37.0 Å². The van der Waals surface area contributed by atoms with Crippen LogP contribution in [-0.2, 0) is 4.79 Å². The lowest BCUT2D eigenvalue weighted by Gasteiger charge is -2.21. The summed E-state index contributed by atoms with van der Waals surface area (Å²) >= 11 is 0. The van der Waals surface area contributed by atoms with Gasteiger partial charge in [0, 0.05) is 11.6 Å². The molecule has 2 rings (SSSR count). The second-order valence-corrected chi connectivity index (χ2v) is 5.14. The number of anilines is 1. The van der Waals surface area contributed by atoms with Crippen LogP contribution in [0.5, 0.6) is 0 Å². The average Bonchev–Trinajstić information content (AvgIpc) is 2.34. The predicted molar refractivity (Wildman–Crippen MR) is 71.1 cm³/mol. The molecule has 0 aliphatic heterocycles. The third kappa shape index (κ3) is 3.09. The molecule has 17 heavy (non-hydrogen) atoms. The first-order valence-corrected chi connectivity index (χ1v) is 6.55. The van der Waals surface area contributed by atoms with Crippen LogP contribution in [0.1, 0.15) is 43.2 Å². The molecule has 1 amide bonds. The minimum absolute atomic E-state index is 0.205. The fourth-order valence-electron chi connectivity index (χ4n) is 2.55. The topological polar surface area (TPSA) is 29.1 Å². The van der Waals surface area contributed by atoms with E-state index in [9.17, 15) is 4.79 Å². The number of rotatable bonds is 2. The van der Waals surface area contributed by atoms with Crippen LogP contribution in [0.15, 0.2) is 18.2 Å². The highest BCUT2D eigenvalue weighted by molar-refractivity contribution is 5.93. The highest BCUT2D eigenvalue weighted by Crippen LogP contribution is 2.25. The van der Waals surface area contributed by atoms with Crippen molar-refractivity contribution < 1.29 is 4.79 Å². The molecule has 1 fully saturated rings. The molecule has 1 N–H and O–H groups in total. The summed E-state index contributed by atoms with van der Waals surface area (Å²) in [5.74, 6) is 0.432.